The number of esters is 2. The summed E-state index contributed by atoms with van der Waals surface area (Å²) < 4.78 is 24.0. The van der Waals surface area contributed by atoms with Crippen molar-refractivity contribution in [2.45, 2.75) is 99.5 Å². The highest BCUT2D eigenvalue weighted by molar-refractivity contribution is 5.88. The largest absolute Gasteiger partial charge is 0.496 e. The molecule has 3 fully saturated rings. The lowest BCUT2D eigenvalue weighted by atomic mass is 9.47. The van der Waals surface area contributed by atoms with Crippen LogP contribution in [0.1, 0.15) is 75.3 Å². The lowest BCUT2D eigenvalue weighted by Crippen LogP contribution is -2.81. The standard InChI is InChI=1S/C46H58N4O9/c1-7-42(54)22-29-23-44(26-58-27-51,37-31(14-18-49(24-29)25-42)30-12-9-10-13-34(30)47-37)33-20-32-35(21-36(33)56-5)48(4)39-45(32)16-19-50-17-11-15-43(8-2,38(45)50)40(59-28(3)52)46(39,55)41(53)57-6/h9-13,15,20-21,27,29,38-40,47,54-55H,7-8,14,16-19,22-26H2,1-6H3/t29?,38-,39+,40+,42?,43+,44-,45?,46-/m0/s1. The Morgan fingerprint density at radius 1 is 1.03 bits per heavy atom. The van der Waals surface area contributed by atoms with E-state index in [1.54, 1.807) is 7.11 Å². The first-order valence-corrected chi connectivity index (χ1v) is 21.3. The zero-order valence-electron chi connectivity index (χ0n) is 35.1. The molecule has 0 amide bonds. The lowest BCUT2D eigenvalue weighted by molar-refractivity contribution is -0.228. The number of methoxy groups -OCH3 is 2. The first-order valence-electron chi connectivity index (χ1n) is 21.3. The average Bonchev–Trinajstić information content (AvgIpc) is 3.89. The third kappa shape index (κ3) is 5.39. The molecule has 6 heterocycles. The minimum atomic E-state index is -2.28. The maximum atomic E-state index is 14.4. The number of nitrogens with one attached hydrogen (secondary N) is 1. The molecule has 316 valence electrons. The van der Waals surface area contributed by atoms with Gasteiger partial charge < -0.3 is 39.0 Å². The van der Waals surface area contributed by atoms with Crippen molar-refractivity contribution in [3.63, 3.8) is 0 Å². The second-order valence-corrected chi connectivity index (χ2v) is 18.3. The van der Waals surface area contributed by atoms with Gasteiger partial charge in [-0.15, -0.1) is 0 Å². The van der Waals surface area contributed by atoms with Crippen molar-refractivity contribution in [3.8, 4) is 5.75 Å². The average molecular weight is 811 g/mol. The number of para-hydroxylation sites is 1. The Hall–Kier alpha value is -4.43. The second kappa shape index (κ2) is 14.1. The van der Waals surface area contributed by atoms with Crippen LogP contribution in [-0.4, -0.2) is 133 Å². The summed E-state index contributed by atoms with van der Waals surface area (Å²) in [4.78, 5) is 50.5. The molecular weight excluding hydrogens is 753 g/mol. The molecule has 4 unspecified atom stereocenters. The molecule has 2 bridgehead atoms. The van der Waals surface area contributed by atoms with Crippen molar-refractivity contribution in [1.29, 1.82) is 0 Å². The predicted molar refractivity (Wildman–Crippen MR) is 220 cm³/mol. The summed E-state index contributed by atoms with van der Waals surface area (Å²) in [7, 11) is 4.80. The van der Waals surface area contributed by atoms with E-state index in [4.69, 9.17) is 18.9 Å². The Labute approximate surface area is 345 Å². The molecule has 0 radical (unpaired) electrons. The molecule has 6 aliphatic rings. The van der Waals surface area contributed by atoms with Gasteiger partial charge in [0.2, 0.25) is 5.60 Å². The fourth-order valence-electron chi connectivity index (χ4n) is 13.6. The number of anilines is 1. The smallest absolute Gasteiger partial charge is 0.344 e. The number of ether oxygens (including phenoxy) is 4. The molecule has 1 aromatic heterocycles. The summed E-state index contributed by atoms with van der Waals surface area (Å²) in [5.41, 5.74) is -0.307. The summed E-state index contributed by atoms with van der Waals surface area (Å²) >= 11 is 0. The highest BCUT2D eigenvalue weighted by Crippen LogP contribution is 2.68. The summed E-state index contributed by atoms with van der Waals surface area (Å²) in [6, 6.07) is 11.4. The van der Waals surface area contributed by atoms with Gasteiger partial charge in [0, 0.05) is 90.9 Å². The molecular formula is C46H58N4O9. The number of rotatable bonds is 9. The SMILES string of the molecule is CCC1(O)CC2CN(CCc3c([nH]c4ccccc34)[C@@](COC=O)(c3cc4c(cc3OC)N(C)[C@@H]3C45CCN4CC=C[C@](CC)([C@H]45)[C@@H](OC(C)=O)[C@]3(O)C(=O)OC)C2)C1. The maximum absolute atomic E-state index is 14.4. The first-order chi connectivity index (χ1) is 28.3. The Morgan fingerprint density at radius 3 is 2.54 bits per heavy atom. The molecule has 9 rings (SSSR count). The van der Waals surface area contributed by atoms with E-state index in [2.05, 4.69) is 45.1 Å². The van der Waals surface area contributed by atoms with Gasteiger partial charge in [0.25, 0.3) is 6.47 Å². The van der Waals surface area contributed by atoms with E-state index in [1.807, 2.05) is 44.0 Å². The van der Waals surface area contributed by atoms with Gasteiger partial charge in [-0.3, -0.25) is 19.4 Å². The van der Waals surface area contributed by atoms with Gasteiger partial charge in [-0.25, -0.2) is 4.79 Å². The molecule has 5 aliphatic heterocycles. The molecule has 1 spiro atoms. The number of likely N-dealkylation sites (N-methyl/N-ethyl adjacent to an activating group) is 1. The van der Waals surface area contributed by atoms with Crippen LogP contribution >= 0.6 is 0 Å². The number of hydrogen-bond donors (Lipinski definition) is 3. The van der Waals surface area contributed by atoms with Crippen LogP contribution in [0.15, 0.2) is 48.6 Å². The van der Waals surface area contributed by atoms with E-state index >= 15 is 0 Å². The number of hydrogen-bond acceptors (Lipinski definition) is 12. The summed E-state index contributed by atoms with van der Waals surface area (Å²) in [6.07, 6.45) is 6.44. The van der Waals surface area contributed by atoms with Crippen LogP contribution < -0.4 is 9.64 Å². The Balaban J connectivity index is 1.35. The second-order valence-electron chi connectivity index (χ2n) is 18.3. The van der Waals surface area contributed by atoms with E-state index in [1.165, 1.54) is 14.0 Å². The van der Waals surface area contributed by atoms with Crippen molar-refractivity contribution in [3.05, 3.63) is 70.9 Å². The van der Waals surface area contributed by atoms with Crippen molar-refractivity contribution >= 4 is 35.0 Å². The van der Waals surface area contributed by atoms with Crippen molar-refractivity contribution in [2.75, 3.05) is 65.5 Å². The molecule has 2 aromatic carbocycles. The maximum Gasteiger partial charge on any atom is 0.344 e. The predicted octanol–water partition coefficient (Wildman–Crippen LogP) is 3.99. The van der Waals surface area contributed by atoms with Crippen LogP contribution in [0.3, 0.4) is 0 Å². The van der Waals surface area contributed by atoms with E-state index in [0.29, 0.717) is 70.4 Å². The van der Waals surface area contributed by atoms with Crippen LogP contribution in [0, 0.1) is 11.3 Å². The number of nitrogens with zero attached hydrogens (tertiary/aromatic N) is 3. The number of aliphatic hydroxyl groups is 2. The Kier molecular flexibility index (Phi) is 9.54. The normalized spacial score (nSPS) is 36.9. The van der Waals surface area contributed by atoms with Gasteiger partial charge >= 0.3 is 11.9 Å². The van der Waals surface area contributed by atoms with Gasteiger partial charge in [-0.2, -0.15) is 0 Å². The minimum absolute atomic E-state index is 0.0105. The summed E-state index contributed by atoms with van der Waals surface area (Å²) in [5.74, 6) is -0.856. The van der Waals surface area contributed by atoms with Crippen LogP contribution in [0.25, 0.3) is 10.9 Å². The van der Waals surface area contributed by atoms with Gasteiger partial charge in [-0.1, -0.05) is 44.2 Å². The minimum Gasteiger partial charge on any atom is -0.496 e. The molecule has 2 saturated heterocycles. The molecule has 59 heavy (non-hydrogen) atoms. The van der Waals surface area contributed by atoms with Crippen molar-refractivity contribution in [1.82, 2.24) is 14.8 Å². The molecule has 13 heteroatoms. The number of fused-ring (bicyclic) bond motifs is 6. The number of benzene rings is 2. The van der Waals surface area contributed by atoms with Crippen LogP contribution in [0.4, 0.5) is 5.69 Å². The number of carbonyl (C=O) groups excluding carboxylic acids is 3. The molecule has 1 saturated carbocycles. The van der Waals surface area contributed by atoms with E-state index in [9.17, 15) is 24.6 Å². The highest BCUT2D eigenvalue weighted by Gasteiger charge is 2.80. The number of aromatic amines is 1. The fraction of sp³-hybridized carbons (Fsp3) is 0.587. The number of carbonyl (C=O) groups is 3. The summed E-state index contributed by atoms with van der Waals surface area (Å²) in [6.45, 7) is 9.39. The first kappa shape index (κ1) is 40.0. The van der Waals surface area contributed by atoms with Crippen molar-refractivity contribution < 1.29 is 43.5 Å². The molecule has 10 atom stereocenters. The van der Waals surface area contributed by atoms with Gasteiger partial charge in [0.1, 0.15) is 12.4 Å². The van der Waals surface area contributed by atoms with Gasteiger partial charge in [0.05, 0.1) is 31.3 Å². The highest BCUT2D eigenvalue weighted by atomic mass is 16.6. The van der Waals surface area contributed by atoms with Crippen LogP contribution in [-0.2, 0) is 45.8 Å². The zero-order chi connectivity index (χ0) is 41.7. The molecule has 3 N–H and O–H groups in total. The van der Waals surface area contributed by atoms with E-state index in [-0.39, 0.29) is 18.6 Å². The van der Waals surface area contributed by atoms with Crippen LogP contribution in [0.5, 0.6) is 5.75 Å². The third-order valence-corrected chi connectivity index (χ3v) is 15.6. The van der Waals surface area contributed by atoms with E-state index in [0.717, 1.165) is 52.1 Å². The number of H-pyrrole nitrogens is 1. The van der Waals surface area contributed by atoms with E-state index < -0.39 is 51.5 Å². The Morgan fingerprint density at radius 2 is 1.83 bits per heavy atom. The molecule has 13 nitrogen and oxygen atoms in total. The third-order valence-electron chi connectivity index (χ3n) is 15.6. The zero-order valence-corrected chi connectivity index (χ0v) is 35.1. The topological polar surface area (TPSA) is 154 Å². The Bertz CT molecular complexity index is 2220. The molecule has 3 aromatic rings. The monoisotopic (exact) mass is 810 g/mol. The molecule has 1 aliphatic carbocycles. The summed E-state index contributed by atoms with van der Waals surface area (Å²) in [5, 5.41) is 26.4. The number of piperidine rings is 1. The van der Waals surface area contributed by atoms with Crippen LogP contribution in [0.2, 0.25) is 0 Å². The van der Waals surface area contributed by atoms with Crippen molar-refractivity contribution in [2.24, 2.45) is 11.3 Å². The fourth-order valence-corrected chi connectivity index (χ4v) is 13.6. The van der Waals surface area contributed by atoms with Gasteiger partial charge in [0.15, 0.2) is 6.10 Å². The number of aromatic nitrogens is 1. The van der Waals surface area contributed by atoms with Gasteiger partial charge in [-0.05, 0) is 74.2 Å². The quantitative estimate of drug-likeness (QED) is 0.124. The lowest BCUT2D eigenvalue weighted by Gasteiger charge is -2.63.